The fourth-order valence-electron chi connectivity index (χ4n) is 4.17. The van der Waals surface area contributed by atoms with Crippen LogP contribution in [0.2, 0.25) is 0 Å². The Morgan fingerprint density at radius 1 is 0.838 bits per heavy atom. The van der Waals surface area contributed by atoms with E-state index in [1.54, 1.807) is 24.3 Å². The van der Waals surface area contributed by atoms with Gasteiger partial charge in [0, 0.05) is 18.8 Å². The van der Waals surface area contributed by atoms with Gasteiger partial charge in [-0.25, -0.2) is 16.8 Å². The highest BCUT2D eigenvalue weighted by Crippen LogP contribution is 2.26. The first-order valence-electron chi connectivity index (χ1n) is 12.2. The first kappa shape index (κ1) is 26.8. The topological polar surface area (TPSA) is 104 Å². The Bertz CT molecular complexity index is 1450. The number of nitrogens with one attached hydrogen (secondary N) is 1. The molecule has 1 N–H and O–H groups in total. The SMILES string of the molecule is CCc1ccc(N(CC(=O)Nc2ccc(S(=O)(=O)N3CCCC3)cc2)S(=O)(=O)c2ccc(C)cc2)cc1. The minimum Gasteiger partial charge on any atom is -0.325 e. The van der Waals surface area contributed by atoms with Gasteiger partial charge in [-0.1, -0.05) is 36.8 Å². The smallest absolute Gasteiger partial charge is 0.264 e. The van der Waals surface area contributed by atoms with Gasteiger partial charge < -0.3 is 5.32 Å². The van der Waals surface area contributed by atoms with Crippen LogP contribution in [0.5, 0.6) is 0 Å². The van der Waals surface area contributed by atoms with Crippen molar-refractivity contribution in [1.29, 1.82) is 0 Å². The van der Waals surface area contributed by atoms with Gasteiger partial charge in [0.15, 0.2) is 0 Å². The van der Waals surface area contributed by atoms with E-state index in [-0.39, 0.29) is 9.79 Å². The maximum Gasteiger partial charge on any atom is 0.264 e. The first-order valence-corrected chi connectivity index (χ1v) is 15.1. The van der Waals surface area contributed by atoms with Crippen molar-refractivity contribution < 1.29 is 21.6 Å². The van der Waals surface area contributed by atoms with Crippen LogP contribution in [0, 0.1) is 6.92 Å². The molecule has 0 unspecified atom stereocenters. The summed E-state index contributed by atoms with van der Waals surface area (Å²) in [5.41, 5.74) is 2.72. The second kappa shape index (κ2) is 11.0. The molecule has 1 aliphatic rings. The summed E-state index contributed by atoms with van der Waals surface area (Å²) in [5.74, 6) is -0.551. The number of anilines is 2. The van der Waals surface area contributed by atoms with E-state index in [0.717, 1.165) is 34.7 Å². The number of carbonyl (C=O) groups excluding carboxylic acids is 1. The minimum absolute atomic E-state index is 0.0851. The summed E-state index contributed by atoms with van der Waals surface area (Å²) < 4.78 is 55.1. The molecule has 1 fully saturated rings. The van der Waals surface area contributed by atoms with Gasteiger partial charge in [0.1, 0.15) is 6.54 Å². The molecule has 10 heteroatoms. The van der Waals surface area contributed by atoms with Gasteiger partial charge in [-0.05, 0) is 80.3 Å². The third-order valence-corrected chi connectivity index (χ3v) is 10.1. The van der Waals surface area contributed by atoms with Crippen LogP contribution in [-0.2, 0) is 31.3 Å². The molecule has 3 aromatic carbocycles. The van der Waals surface area contributed by atoms with Gasteiger partial charge in [0.25, 0.3) is 10.0 Å². The standard InChI is InChI=1S/C27H31N3O5S2/c1-3-22-8-12-24(13-9-22)30(37(34,35)26-14-6-21(2)7-15-26)20-27(31)28-23-10-16-25(17-11-23)36(32,33)29-18-4-5-19-29/h6-17H,3-5,18-20H2,1-2H3,(H,28,31). The molecule has 196 valence electrons. The molecule has 8 nitrogen and oxygen atoms in total. The zero-order valence-corrected chi connectivity index (χ0v) is 22.6. The summed E-state index contributed by atoms with van der Waals surface area (Å²) >= 11 is 0. The number of rotatable bonds is 9. The van der Waals surface area contributed by atoms with Crippen molar-refractivity contribution in [3.8, 4) is 0 Å². The molecule has 0 atom stereocenters. The lowest BCUT2D eigenvalue weighted by Crippen LogP contribution is -2.38. The summed E-state index contributed by atoms with van der Waals surface area (Å²) in [6.45, 7) is 4.43. The lowest BCUT2D eigenvalue weighted by Gasteiger charge is -2.24. The van der Waals surface area contributed by atoms with Gasteiger partial charge in [-0.15, -0.1) is 0 Å². The van der Waals surface area contributed by atoms with Crippen molar-refractivity contribution in [2.45, 2.75) is 42.9 Å². The van der Waals surface area contributed by atoms with Crippen molar-refractivity contribution in [1.82, 2.24) is 4.31 Å². The molecule has 0 aromatic heterocycles. The highest BCUT2D eigenvalue weighted by molar-refractivity contribution is 7.92. The Morgan fingerprint density at radius 3 is 1.97 bits per heavy atom. The van der Waals surface area contributed by atoms with Crippen LogP contribution in [0.25, 0.3) is 0 Å². The van der Waals surface area contributed by atoms with Crippen molar-refractivity contribution in [2.75, 3.05) is 29.3 Å². The Morgan fingerprint density at radius 2 is 1.41 bits per heavy atom. The molecule has 37 heavy (non-hydrogen) atoms. The quantitative estimate of drug-likeness (QED) is 0.438. The average molecular weight is 542 g/mol. The molecule has 4 rings (SSSR count). The number of nitrogens with zero attached hydrogens (tertiary/aromatic N) is 2. The largest absolute Gasteiger partial charge is 0.325 e. The maximum atomic E-state index is 13.5. The Kier molecular flexibility index (Phi) is 8.01. The van der Waals surface area contributed by atoms with E-state index in [1.165, 1.54) is 40.7 Å². The van der Waals surface area contributed by atoms with Gasteiger partial charge >= 0.3 is 0 Å². The van der Waals surface area contributed by atoms with E-state index < -0.39 is 32.5 Å². The predicted molar refractivity (Wildman–Crippen MR) is 145 cm³/mol. The average Bonchev–Trinajstić information content (AvgIpc) is 3.44. The Balaban J connectivity index is 1.55. The normalized spacial score (nSPS) is 14.4. The van der Waals surface area contributed by atoms with E-state index in [9.17, 15) is 21.6 Å². The summed E-state index contributed by atoms with van der Waals surface area (Å²) in [5, 5.41) is 2.69. The van der Waals surface area contributed by atoms with Crippen LogP contribution in [0.1, 0.15) is 30.9 Å². The highest BCUT2D eigenvalue weighted by atomic mass is 32.2. The Labute approximate surface area is 219 Å². The molecular weight excluding hydrogens is 510 g/mol. The zero-order valence-electron chi connectivity index (χ0n) is 20.9. The van der Waals surface area contributed by atoms with E-state index in [2.05, 4.69) is 5.32 Å². The van der Waals surface area contributed by atoms with Crippen molar-refractivity contribution >= 4 is 37.3 Å². The van der Waals surface area contributed by atoms with Gasteiger partial charge in [0.2, 0.25) is 15.9 Å². The third-order valence-electron chi connectivity index (χ3n) is 6.37. The molecule has 0 saturated carbocycles. The molecule has 3 aromatic rings. The maximum absolute atomic E-state index is 13.5. The van der Waals surface area contributed by atoms with Crippen LogP contribution >= 0.6 is 0 Å². The molecule has 1 saturated heterocycles. The number of hydrogen-bond acceptors (Lipinski definition) is 5. The van der Waals surface area contributed by atoms with E-state index in [4.69, 9.17) is 0 Å². The fraction of sp³-hybridized carbons (Fsp3) is 0.296. The Hall–Kier alpha value is -3.21. The summed E-state index contributed by atoms with van der Waals surface area (Å²) in [6.07, 6.45) is 2.49. The second-order valence-corrected chi connectivity index (χ2v) is 12.8. The monoisotopic (exact) mass is 541 g/mol. The highest BCUT2D eigenvalue weighted by Gasteiger charge is 2.28. The predicted octanol–water partition coefficient (Wildman–Crippen LogP) is 4.18. The van der Waals surface area contributed by atoms with E-state index in [0.29, 0.717) is 24.5 Å². The fourth-order valence-corrected chi connectivity index (χ4v) is 7.11. The van der Waals surface area contributed by atoms with Crippen molar-refractivity contribution in [2.24, 2.45) is 0 Å². The van der Waals surface area contributed by atoms with Gasteiger partial charge in [-0.3, -0.25) is 9.10 Å². The molecule has 1 heterocycles. The summed E-state index contributed by atoms with van der Waals surface area (Å²) in [6, 6.07) is 19.4. The van der Waals surface area contributed by atoms with Gasteiger partial charge in [-0.2, -0.15) is 4.31 Å². The number of carbonyl (C=O) groups is 1. The number of aryl methyl sites for hydroxylation is 2. The van der Waals surface area contributed by atoms with E-state index in [1.807, 2.05) is 26.0 Å². The second-order valence-electron chi connectivity index (χ2n) is 9.03. The summed E-state index contributed by atoms with van der Waals surface area (Å²) in [4.78, 5) is 13.2. The number of benzene rings is 3. The third kappa shape index (κ3) is 6.03. The zero-order chi connectivity index (χ0) is 26.6. The minimum atomic E-state index is -4.03. The molecule has 0 bridgehead atoms. The van der Waals surface area contributed by atoms with E-state index >= 15 is 0 Å². The first-order chi connectivity index (χ1) is 17.6. The number of amides is 1. The lowest BCUT2D eigenvalue weighted by molar-refractivity contribution is -0.114. The molecule has 1 aliphatic heterocycles. The summed E-state index contributed by atoms with van der Waals surface area (Å²) in [7, 11) is -7.59. The molecule has 0 spiro atoms. The molecule has 1 amide bonds. The van der Waals surface area contributed by atoms with Crippen LogP contribution in [0.3, 0.4) is 0 Å². The molecule has 0 aliphatic carbocycles. The van der Waals surface area contributed by atoms with Crippen LogP contribution in [-0.4, -0.2) is 46.7 Å². The van der Waals surface area contributed by atoms with Crippen LogP contribution < -0.4 is 9.62 Å². The van der Waals surface area contributed by atoms with Crippen molar-refractivity contribution in [3.05, 3.63) is 83.9 Å². The molecular formula is C27H31N3O5S2. The number of sulfonamides is 2. The van der Waals surface area contributed by atoms with Crippen LogP contribution in [0.4, 0.5) is 11.4 Å². The van der Waals surface area contributed by atoms with Gasteiger partial charge in [0.05, 0.1) is 15.5 Å². The molecule has 0 radical (unpaired) electrons. The lowest BCUT2D eigenvalue weighted by atomic mass is 10.1. The van der Waals surface area contributed by atoms with Crippen LogP contribution in [0.15, 0.2) is 82.6 Å². The number of hydrogen-bond donors (Lipinski definition) is 1. The van der Waals surface area contributed by atoms with Crippen molar-refractivity contribution in [3.63, 3.8) is 0 Å².